The number of hydrogen-bond donors (Lipinski definition) is 1. The molecule has 1 N–H and O–H groups in total. The lowest BCUT2D eigenvalue weighted by atomic mass is 9.99. The van der Waals surface area contributed by atoms with Crippen LogP contribution in [0.5, 0.6) is 5.75 Å². The third-order valence-electron chi connectivity index (χ3n) is 6.99. The first-order chi connectivity index (χ1) is 16.7. The zero-order valence-electron chi connectivity index (χ0n) is 21.5. The van der Waals surface area contributed by atoms with Crippen LogP contribution in [-0.4, -0.2) is 87.2 Å². The molecular weight excluding hydrogens is 450 g/mol. The van der Waals surface area contributed by atoms with Gasteiger partial charge in [0.25, 0.3) is 5.91 Å². The van der Waals surface area contributed by atoms with Gasteiger partial charge in [0.2, 0.25) is 11.8 Å². The molecule has 9 heteroatoms. The van der Waals surface area contributed by atoms with Crippen molar-refractivity contribution < 1.29 is 28.6 Å². The number of carbonyl (C=O) groups excluding carboxylic acids is 3. The molecule has 0 radical (unpaired) electrons. The standard InChI is InChI=1S/C26H39N3O6/c1-17-13-29(25(31)19-8-6-7-9-19)18(2)15-35-22-12-20(27-24(30)16-33-4)10-11-21(22)26(32)28(3)14-23(17)34-5/h10-12,17-19,23H,6-9,13-16H2,1-5H3,(H,27,30)/t17-,18-,23+/m0/s1. The highest BCUT2D eigenvalue weighted by molar-refractivity contribution is 5.98. The highest BCUT2D eigenvalue weighted by Gasteiger charge is 2.34. The quantitative estimate of drug-likeness (QED) is 0.683. The fourth-order valence-corrected chi connectivity index (χ4v) is 4.89. The SMILES string of the molecule is COCC(=O)Nc1ccc2c(c1)OC[C@H](C)N(C(=O)C1CCCC1)C[C@H](C)[C@H](OC)CN(C)C2=O. The summed E-state index contributed by atoms with van der Waals surface area (Å²) in [5.41, 5.74) is 0.893. The number of fused-ring (bicyclic) bond motifs is 1. The number of nitrogens with one attached hydrogen (secondary N) is 1. The minimum Gasteiger partial charge on any atom is -0.491 e. The van der Waals surface area contributed by atoms with Crippen LogP contribution in [0.2, 0.25) is 0 Å². The summed E-state index contributed by atoms with van der Waals surface area (Å²) < 4.78 is 16.8. The normalized spacial score (nSPS) is 24.3. The Morgan fingerprint density at radius 1 is 1.14 bits per heavy atom. The first kappa shape index (κ1) is 26.9. The second-order valence-electron chi connectivity index (χ2n) is 9.76. The summed E-state index contributed by atoms with van der Waals surface area (Å²) in [5, 5.41) is 2.75. The second kappa shape index (κ2) is 12.4. The minimum atomic E-state index is -0.303. The van der Waals surface area contributed by atoms with Crippen molar-refractivity contribution in [2.24, 2.45) is 11.8 Å². The molecule has 35 heavy (non-hydrogen) atoms. The van der Waals surface area contributed by atoms with E-state index in [9.17, 15) is 14.4 Å². The molecule has 0 bridgehead atoms. The number of ether oxygens (including phenoxy) is 3. The van der Waals surface area contributed by atoms with Crippen molar-refractivity contribution in [3.8, 4) is 5.75 Å². The van der Waals surface area contributed by atoms with Gasteiger partial charge >= 0.3 is 0 Å². The van der Waals surface area contributed by atoms with E-state index < -0.39 is 0 Å². The van der Waals surface area contributed by atoms with Gasteiger partial charge in [0.15, 0.2) is 0 Å². The number of rotatable bonds is 5. The molecule has 0 aromatic heterocycles. The van der Waals surface area contributed by atoms with Gasteiger partial charge < -0.3 is 29.3 Å². The molecule has 1 aromatic rings. The van der Waals surface area contributed by atoms with Gasteiger partial charge in [0, 0.05) is 57.9 Å². The molecule has 0 saturated heterocycles. The van der Waals surface area contributed by atoms with Gasteiger partial charge in [-0.1, -0.05) is 19.8 Å². The van der Waals surface area contributed by atoms with Gasteiger partial charge in [-0.25, -0.2) is 0 Å². The smallest absolute Gasteiger partial charge is 0.257 e. The van der Waals surface area contributed by atoms with Crippen molar-refractivity contribution in [1.82, 2.24) is 9.80 Å². The molecule has 1 aromatic carbocycles. The van der Waals surface area contributed by atoms with Crippen LogP contribution < -0.4 is 10.1 Å². The van der Waals surface area contributed by atoms with E-state index in [-0.39, 0.29) is 54.9 Å². The van der Waals surface area contributed by atoms with Crippen LogP contribution in [0.15, 0.2) is 18.2 Å². The third-order valence-corrected chi connectivity index (χ3v) is 6.99. The van der Waals surface area contributed by atoms with Crippen molar-refractivity contribution in [3.05, 3.63) is 23.8 Å². The molecule has 0 unspecified atom stereocenters. The largest absolute Gasteiger partial charge is 0.491 e. The number of amides is 3. The van der Waals surface area contributed by atoms with Crippen LogP contribution in [0.3, 0.4) is 0 Å². The Balaban J connectivity index is 1.93. The molecule has 3 amide bonds. The maximum atomic E-state index is 13.5. The Hall–Kier alpha value is -2.65. The molecule has 194 valence electrons. The fourth-order valence-electron chi connectivity index (χ4n) is 4.89. The lowest BCUT2D eigenvalue weighted by Gasteiger charge is -2.37. The fraction of sp³-hybridized carbons (Fsp3) is 0.654. The first-order valence-corrected chi connectivity index (χ1v) is 12.4. The molecule has 1 aliphatic heterocycles. The van der Waals surface area contributed by atoms with Gasteiger partial charge in [-0.05, 0) is 31.9 Å². The number of anilines is 1. The highest BCUT2D eigenvalue weighted by atomic mass is 16.5. The second-order valence-corrected chi connectivity index (χ2v) is 9.76. The number of hydrogen-bond acceptors (Lipinski definition) is 6. The van der Waals surface area contributed by atoms with Crippen LogP contribution >= 0.6 is 0 Å². The van der Waals surface area contributed by atoms with E-state index in [0.717, 1.165) is 25.7 Å². The molecule has 3 atom stereocenters. The Morgan fingerprint density at radius 2 is 1.86 bits per heavy atom. The minimum absolute atomic E-state index is 0.0281. The number of likely N-dealkylation sites (N-methyl/N-ethyl adjacent to an activating group) is 1. The summed E-state index contributed by atoms with van der Waals surface area (Å²) in [7, 11) is 4.82. The van der Waals surface area contributed by atoms with E-state index in [2.05, 4.69) is 12.2 Å². The van der Waals surface area contributed by atoms with E-state index in [0.29, 0.717) is 30.1 Å². The Kier molecular flexibility index (Phi) is 9.51. The summed E-state index contributed by atoms with van der Waals surface area (Å²) in [6.45, 7) is 5.09. The molecule has 9 nitrogen and oxygen atoms in total. The molecule has 1 aliphatic carbocycles. The van der Waals surface area contributed by atoms with E-state index in [4.69, 9.17) is 14.2 Å². The topological polar surface area (TPSA) is 97.4 Å². The maximum absolute atomic E-state index is 13.5. The number of carbonyl (C=O) groups is 3. The Labute approximate surface area is 208 Å². The van der Waals surface area contributed by atoms with Crippen molar-refractivity contribution in [1.29, 1.82) is 0 Å². The van der Waals surface area contributed by atoms with E-state index in [1.54, 1.807) is 37.3 Å². The van der Waals surface area contributed by atoms with Crippen LogP contribution in [-0.2, 0) is 19.1 Å². The van der Waals surface area contributed by atoms with Gasteiger partial charge in [-0.3, -0.25) is 14.4 Å². The zero-order chi connectivity index (χ0) is 25.5. The summed E-state index contributed by atoms with van der Waals surface area (Å²) in [6.07, 6.45) is 3.80. The predicted octanol–water partition coefficient (Wildman–Crippen LogP) is 2.79. The Bertz CT molecular complexity index is 901. The lowest BCUT2D eigenvalue weighted by molar-refractivity contribution is -0.139. The summed E-state index contributed by atoms with van der Waals surface area (Å²) in [4.78, 5) is 42.3. The summed E-state index contributed by atoms with van der Waals surface area (Å²) in [5.74, 6) is 0.110. The van der Waals surface area contributed by atoms with Crippen molar-refractivity contribution >= 4 is 23.4 Å². The van der Waals surface area contributed by atoms with E-state index in [1.807, 2.05) is 11.8 Å². The molecule has 1 saturated carbocycles. The van der Waals surface area contributed by atoms with Crippen molar-refractivity contribution in [2.45, 2.75) is 51.7 Å². The van der Waals surface area contributed by atoms with Crippen molar-refractivity contribution in [2.75, 3.05) is 52.9 Å². The van der Waals surface area contributed by atoms with Crippen LogP contribution in [0.1, 0.15) is 49.9 Å². The molecule has 2 aliphatic rings. The lowest BCUT2D eigenvalue weighted by Crippen LogP contribution is -2.50. The van der Waals surface area contributed by atoms with Gasteiger partial charge in [-0.2, -0.15) is 0 Å². The average Bonchev–Trinajstić information content (AvgIpc) is 3.38. The average molecular weight is 490 g/mol. The van der Waals surface area contributed by atoms with Crippen LogP contribution in [0, 0.1) is 11.8 Å². The Morgan fingerprint density at radius 3 is 2.51 bits per heavy atom. The van der Waals surface area contributed by atoms with Crippen molar-refractivity contribution in [3.63, 3.8) is 0 Å². The van der Waals surface area contributed by atoms with Gasteiger partial charge in [0.05, 0.1) is 17.7 Å². The predicted molar refractivity (Wildman–Crippen MR) is 132 cm³/mol. The number of nitrogens with zero attached hydrogens (tertiary/aromatic N) is 2. The number of methoxy groups -OCH3 is 2. The monoisotopic (exact) mass is 489 g/mol. The van der Waals surface area contributed by atoms with Gasteiger partial charge in [0.1, 0.15) is 19.0 Å². The molecule has 0 spiro atoms. The summed E-state index contributed by atoms with van der Waals surface area (Å²) in [6, 6.07) is 4.77. The maximum Gasteiger partial charge on any atom is 0.257 e. The zero-order valence-corrected chi connectivity index (χ0v) is 21.5. The third kappa shape index (κ3) is 6.73. The van der Waals surface area contributed by atoms with E-state index >= 15 is 0 Å². The molecule has 1 fully saturated rings. The molecule has 1 heterocycles. The molecule has 3 rings (SSSR count). The van der Waals surface area contributed by atoms with Crippen LogP contribution in [0.25, 0.3) is 0 Å². The van der Waals surface area contributed by atoms with Crippen LogP contribution in [0.4, 0.5) is 5.69 Å². The van der Waals surface area contributed by atoms with E-state index in [1.165, 1.54) is 7.11 Å². The summed E-state index contributed by atoms with van der Waals surface area (Å²) >= 11 is 0. The molecular formula is C26H39N3O6. The van der Waals surface area contributed by atoms with Gasteiger partial charge in [-0.15, -0.1) is 0 Å². The highest BCUT2D eigenvalue weighted by Crippen LogP contribution is 2.30. The number of benzene rings is 1. The first-order valence-electron chi connectivity index (χ1n) is 12.4.